The Morgan fingerprint density at radius 2 is 1.85 bits per heavy atom. The van der Waals surface area contributed by atoms with Crippen LogP contribution in [0.1, 0.15) is 39.2 Å². The summed E-state index contributed by atoms with van der Waals surface area (Å²) in [6.07, 6.45) is 1.31. The van der Waals surface area contributed by atoms with Crippen molar-refractivity contribution in [1.29, 1.82) is 5.26 Å². The predicted molar refractivity (Wildman–Crippen MR) is 107 cm³/mol. The normalized spacial score (nSPS) is 13.8. The number of nitriles is 1. The lowest BCUT2D eigenvalue weighted by atomic mass is 10.2. The van der Waals surface area contributed by atoms with Crippen LogP contribution in [0.5, 0.6) is 5.75 Å². The third-order valence-corrected chi connectivity index (χ3v) is 6.41. The Kier molecular flexibility index (Phi) is 10.5. The van der Waals surface area contributed by atoms with E-state index in [1.807, 2.05) is 0 Å². The fraction of sp³-hybridized carbons (Fsp3) is 0.650. The van der Waals surface area contributed by atoms with Crippen LogP contribution in [0.2, 0.25) is 0 Å². The van der Waals surface area contributed by atoms with Crippen LogP contribution in [0.4, 0.5) is 0 Å². The molecule has 0 saturated carbocycles. The first-order valence-electron chi connectivity index (χ1n) is 9.49. The average Bonchev–Trinajstić information content (AvgIpc) is 2.66. The van der Waals surface area contributed by atoms with Crippen LogP contribution in [0.25, 0.3) is 0 Å². The van der Waals surface area contributed by atoms with Gasteiger partial charge in [0.25, 0.3) is 0 Å². The van der Waals surface area contributed by atoms with Gasteiger partial charge in [-0.2, -0.15) is 5.26 Å². The first-order valence-corrected chi connectivity index (χ1v) is 11.0. The van der Waals surface area contributed by atoms with Crippen LogP contribution in [-0.2, 0) is 10.8 Å². The molecule has 146 valence electrons. The van der Waals surface area contributed by atoms with Crippen LogP contribution in [0, 0.1) is 11.3 Å². The molecule has 1 rings (SSSR count). The maximum atomic E-state index is 11.8. The van der Waals surface area contributed by atoms with Crippen molar-refractivity contribution in [2.45, 2.75) is 39.7 Å². The minimum atomic E-state index is -0.723. The van der Waals surface area contributed by atoms with Gasteiger partial charge in [0.1, 0.15) is 25.0 Å². The van der Waals surface area contributed by atoms with Crippen molar-refractivity contribution < 1.29 is 18.5 Å². The highest BCUT2D eigenvalue weighted by atomic mass is 32.2. The molecular weight excluding hydrogens is 348 g/mol. The summed E-state index contributed by atoms with van der Waals surface area (Å²) in [7, 11) is -0.723. The predicted octanol–water partition coefficient (Wildman–Crippen LogP) is 2.70. The summed E-state index contributed by atoms with van der Waals surface area (Å²) in [5.41, 5.74) is 0.589. The number of likely N-dealkylation sites (N-methyl/N-ethyl adjacent to an activating group) is 1. The Morgan fingerprint density at radius 1 is 1.19 bits per heavy atom. The topological polar surface area (TPSA) is 70.3 Å². The van der Waals surface area contributed by atoms with E-state index in [4.69, 9.17) is 10.00 Å². The van der Waals surface area contributed by atoms with Gasteiger partial charge in [-0.1, -0.05) is 6.92 Å². The van der Waals surface area contributed by atoms with Crippen molar-refractivity contribution in [3.05, 3.63) is 29.8 Å². The second-order valence-corrected chi connectivity index (χ2v) is 8.38. The third kappa shape index (κ3) is 7.86. The molecule has 5 nitrogen and oxygen atoms in total. The number of hydrogen-bond acceptors (Lipinski definition) is 4. The SMILES string of the molecule is CCCS(=O)CCC[N+](CC)(CC)CC(O)COc1ccc(C#N)cc1. The Labute approximate surface area is 160 Å². The molecule has 2 unspecified atom stereocenters. The van der Waals surface area contributed by atoms with Crippen molar-refractivity contribution in [1.82, 2.24) is 0 Å². The fourth-order valence-corrected chi connectivity index (χ4v) is 4.21. The van der Waals surface area contributed by atoms with E-state index in [1.54, 1.807) is 24.3 Å². The molecule has 1 aromatic rings. The fourth-order valence-electron chi connectivity index (χ4n) is 3.10. The molecule has 0 heterocycles. The van der Waals surface area contributed by atoms with Crippen LogP contribution in [0.3, 0.4) is 0 Å². The first-order chi connectivity index (χ1) is 12.5. The van der Waals surface area contributed by atoms with Crippen molar-refractivity contribution in [2.24, 2.45) is 0 Å². The van der Waals surface area contributed by atoms with Crippen molar-refractivity contribution in [2.75, 3.05) is 44.3 Å². The molecular formula is C20H33N2O3S+. The Bertz CT molecular complexity index is 580. The van der Waals surface area contributed by atoms with Gasteiger partial charge in [0.2, 0.25) is 0 Å². The standard InChI is InChI=1S/C20H33N2O3S/c1-4-13-26(24)14-7-12-22(5-2,6-3)16-19(23)17-25-20-10-8-18(15-21)9-11-20/h8-11,19,23H,4-7,12-14,16-17H2,1-3H3/q+1. The second kappa shape index (κ2) is 12.1. The van der Waals surface area contributed by atoms with E-state index in [0.29, 0.717) is 17.9 Å². The molecule has 0 aliphatic carbocycles. The molecule has 0 aliphatic rings. The largest absolute Gasteiger partial charge is 0.491 e. The maximum Gasteiger partial charge on any atom is 0.137 e. The highest BCUT2D eigenvalue weighted by molar-refractivity contribution is 7.84. The number of rotatable bonds is 13. The highest BCUT2D eigenvalue weighted by Gasteiger charge is 2.27. The van der Waals surface area contributed by atoms with E-state index in [9.17, 15) is 9.32 Å². The lowest BCUT2D eigenvalue weighted by Crippen LogP contribution is -2.53. The number of aliphatic hydroxyl groups is 1. The van der Waals surface area contributed by atoms with Crippen LogP contribution >= 0.6 is 0 Å². The minimum absolute atomic E-state index is 0.230. The van der Waals surface area contributed by atoms with E-state index in [1.165, 1.54) is 0 Å². The van der Waals surface area contributed by atoms with Gasteiger partial charge in [0.05, 0.1) is 31.3 Å². The van der Waals surface area contributed by atoms with Gasteiger partial charge >= 0.3 is 0 Å². The lowest BCUT2D eigenvalue weighted by molar-refractivity contribution is -0.927. The first kappa shape index (κ1) is 22.6. The highest BCUT2D eigenvalue weighted by Crippen LogP contribution is 2.14. The molecule has 6 heteroatoms. The summed E-state index contributed by atoms with van der Waals surface area (Å²) in [6.45, 7) is 9.99. The zero-order valence-electron chi connectivity index (χ0n) is 16.3. The van der Waals surface area contributed by atoms with Crippen LogP contribution in [0.15, 0.2) is 24.3 Å². The van der Waals surface area contributed by atoms with Crippen molar-refractivity contribution in [3.8, 4) is 11.8 Å². The molecule has 1 N–H and O–H groups in total. The number of ether oxygens (including phenoxy) is 1. The molecule has 26 heavy (non-hydrogen) atoms. The van der Waals surface area contributed by atoms with E-state index in [0.717, 1.165) is 48.5 Å². The number of aliphatic hydroxyl groups excluding tert-OH is 1. The maximum absolute atomic E-state index is 11.8. The summed E-state index contributed by atoms with van der Waals surface area (Å²) in [5, 5.41) is 19.3. The summed E-state index contributed by atoms with van der Waals surface area (Å²) >= 11 is 0. The third-order valence-electron chi connectivity index (χ3n) is 4.80. The molecule has 1 aromatic carbocycles. The van der Waals surface area contributed by atoms with Gasteiger partial charge < -0.3 is 14.3 Å². The smallest absolute Gasteiger partial charge is 0.137 e. The van der Waals surface area contributed by atoms with Gasteiger partial charge in [0.15, 0.2) is 0 Å². The minimum Gasteiger partial charge on any atom is -0.491 e. The quantitative estimate of drug-likeness (QED) is 0.533. The number of benzene rings is 1. The van der Waals surface area contributed by atoms with E-state index in [2.05, 4.69) is 26.8 Å². The number of hydrogen-bond donors (Lipinski definition) is 1. The van der Waals surface area contributed by atoms with Crippen molar-refractivity contribution >= 4 is 10.8 Å². The average molecular weight is 382 g/mol. The molecule has 0 aliphatic heterocycles. The zero-order chi connectivity index (χ0) is 19.4. The van der Waals surface area contributed by atoms with Gasteiger partial charge in [-0.15, -0.1) is 0 Å². The molecule has 0 bridgehead atoms. The zero-order valence-corrected chi connectivity index (χ0v) is 17.1. The summed E-state index contributed by atoms with van der Waals surface area (Å²) < 4.78 is 18.3. The van der Waals surface area contributed by atoms with Crippen LogP contribution < -0.4 is 4.74 Å². The van der Waals surface area contributed by atoms with Crippen LogP contribution in [-0.4, -0.2) is 64.2 Å². The summed E-state index contributed by atoms with van der Waals surface area (Å²) in [5.74, 6) is 2.18. The van der Waals surface area contributed by atoms with Gasteiger partial charge in [-0.25, -0.2) is 0 Å². The lowest BCUT2D eigenvalue weighted by Gasteiger charge is -2.38. The number of nitrogens with zero attached hydrogens (tertiary/aromatic N) is 2. The van der Waals surface area contributed by atoms with Gasteiger partial charge in [-0.05, 0) is 44.5 Å². The molecule has 0 amide bonds. The second-order valence-electron chi connectivity index (χ2n) is 6.68. The summed E-state index contributed by atoms with van der Waals surface area (Å²) in [6, 6.07) is 8.97. The van der Waals surface area contributed by atoms with Crippen molar-refractivity contribution in [3.63, 3.8) is 0 Å². The molecule has 0 radical (unpaired) electrons. The summed E-state index contributed by atoms with van der Waals surface area (Å²) in [4.78, 5) is 0. The van der Waals surface area contributed by atoms with E-state index in [-0.39, 0.29) is 6.61 Å². The molecule has 0 spiro atoms. The van der Waals surface area contributed by atoms with E-state index >= 15 is 0 Å². The monoisotopic (exact) mass is 381 g/mol. The Hall–Kier alpha value is -1.42. The van der Waals surface area contributed by atoms with Gasteiger partial charge in [0, 0.05) is 28.7 Å². The molecule has 2 atom stereocenters. The molecule has 0 saturated heterocycles. The van der Waals surface area contributed by atoms with E-state index < -0.39 is 16.9 Å². The Balaban J connectivity index is 2.50. The van der Waals surface area contributed by atoms with Gasteiger partial charge in [-0.3, -0.25) is 4.21 Å². The Morgan fingerprint density at radius 3 is 2.38 bits per heavy atom. The molecule has 0 fully saturated rings. The number of quaternary nitrogens is 1. The molecule has 0 aromatic heterocycles.